The van der Waals surface area contributed by atoms with E-state index >= 15 is 0 Å². The molecule has 146 valence electrons. The molecule has 0 aliphatic heterocycles. The van der Waals surface area contributed by atoms with E-state index in [2.05, 4.69) is 36.0 Å². The standard InChI is InChI=1S/C20H18ClN7O/c21-17-10-18(24-19-9-15(26-27-19)13-6-7-13)25-20(23-17)22-11-14-8-16(28-29-14)12-4-2-1-3-5-12/h1-5,8-10,13H,6-7,11H2,(H3,22,23,24,25,26,27). The Labute approximate surface area is 171 Å². The van der Waals surface area contributed by atoms with Crippen LogP contribution in [0.1, 0.15) is 30.2 Å². The second kappa shape index (κ2) is 7.56. The maximum absolute atomic E-state index is 6.16. The Balaban J connectivity index is 1.26. The number of anilines is 3. The summed E-state index contributed by atoms with van der Waals surface area (Å²) in [4.78, 5) is 8.67. The van der Waals surface area contributed by atoms with Gasteiger partial charge in [-0.05, 0) is 12.8 Å². The molecule has 1 aliphatic carbocycles. The number of nitrogens with zero attached hydrogens (tertiary/aromatic N) is 4. The Hall–Kier alpha value is -3.39. The van der Waals surface area contributed by atoms with Crippen LogP contribution in [-0.4, -0.2) is 25.3 Å². The maximum Gasteiger partial charge on any atom is 0.226 e. The monoisotopic (exact) mass is 407 g/mol. The van der Waals surface area contributed by atoms with Crippen LogP contribution >= 0.6 is 11.6 Å². The number of nitrogens with one attached hydrogen (secondary N) is 3. The molecule has 9 heteroatoms. The van der Waals surface area contributed by atoms with Crippen molar-refractivity contribution in [3.63, 3.8) is 0 Å². The molecule has 29 heavy (non-hydrogen) atoms. The molecule has 1 fully saturated rings. The fourth-order valence-electron chi connectivity index (χ4n) is 3.00. The van der Waals surface area contributed by atoms with E-state index < -0.39 is 0 Å². The molecular weight excluding hydrogens is 390 g/mol. The van der Waals surface area contributed by atoms with Crippen LogP contribution in [0.15, 0.2) is 53.1 Å². The molecule has 1 aliphatic rings. The fraction of sp³-hybridized carbons (Fsp3) is 0.200. The first-order chi connectivity index (χ1) is 14.2. The van der Waals surface area contributed by atoms with Crippen LogP contribution in [0.5, 0.6) is 0 Å². The van der Waals surface area contributed by atoms with Gasteiger partial charge in [-0.2, -0.15) is 10.1 Å². The molecule has 3 aromatic heterocycles. The Bertz CT molecular complexity index is 1120. The van der Waals surface area contributed by atoms with Crippen LogP contribution in [-0.2, 0) is 6.54 Å². The van der Waals surface area contributed by atoms with E-state index in [9.17, 15) is 0 Å². The third-order valence-corrected chi connectivity index (χ3v) is 4.79. The molecule has 0 atom stereocenters. The van der Waals surface area contributed by atoms with Gasteiger partial charge in [0, 0.05) is 29.7 Å². The molecular formula is C20H18ClN7O. The normalized spacial score (nSPS) is 13.4. The van der Waals surface area contributed by atoms with E-state index in [0.717, 1.165) is 22.8 Å². The second-order valence-electron chi connectivity index (χ2n) is 6.90. The molecule has 3 N–H and O–H groups in total. The Morgan fingerprint density at radius 3 is 2.79 bits per heavy atom. The van der Waals surface area contributed by atoms with Crippen molar-refractivity contribution in [3.05, 3.63) is 65.1 Å². The van der Waals surface area contributed by atoms with Gasteiger partial charge >= 0.3 is 0 Å². The molecule has 0 spiro atoms. The van der Waals surface area contributed by atoms with E-state index in [4.69, 9.17) is 16.1 Å². The maximum atomic E-state index is 6.16. The highest BCUT2D eigenvalue weighted by molar-refractivity contribution is 6.29. The second-order valence-corrected chi connectivity index (χ2v) is 7.29. The van der Waals surface area contributed by atoms with Crippen molar-refractivity contribution >= 4 is 29.2 Å². The lowest BCUT2D eigenvalue weighted by Gasteiger charge is -2.07. The summed E-state index contributed by atoms with van der Waals surface area (Å²) in [6, 6.07) is 15.4. The lowest BCUT2D eigenvalue weighted by Crippen LogP contribution is -2.05. The van der Waals surface area contributed by atoms with Crippen LogP contribution < -0.4 is 10.6 Å². The highest BCUT2D eigenvalue weighted by atomic mass is 35.5. The summed E-state index contributed by atoms with van der Waals surface area (Å²) in [6.45, 7) is 0.384. The summed E-state index contributed by atoms with van der Waals surface area (Å²) in [5, 5.41) is 18.0. The number of aromatic amines is 1. The number of rotatable bonds is 7. The first-order valence-corrected chi connectivity index (χ1v) is 9.72. The van der Waals surface area contributed by atoms with Gasteiger partial charge in [0.25, 0.3) is 0 Å². The SMILES string of the molecule is Clc1cc(Nc2cc(C3CC3)n[nH]2)nc(NCc2cc(-c3ccccc3)no2)n1. The molecule has 0 amide bonds. The van der Waals surface area contributed by atoms with Crippen molar-refractivity contribution in [2.45, 2.75) is 25.3 Å². The van der Waals surface area contributed by atoms with Crippen molar-refractivity contribution in [3.8, 4) is 11.3 Å². The molecule has 0 unspecified atom stereocenters. The first-order valence-electron chi connectivity index (χ1n) is 9.35. The van der Waals surface area contributed by atoms with E-state index in [1.807, 2.05) is 42.5 Å². The minimum absolute atomic E-state index is 0.328. The third kappa shape index (κ3) is 4.22. The van der Waals surface area contributed by atoms with Gasteiger partial charge in [0.1, 0.15) is 22.5 Å². The number of H-pyrrole nitrogens is 1. The van der Waals surface area contributed by atoms with Crippen LogP contribution in [0.4, 0.5) is 17.6 Å². The molecule has 3 heterocycles. The zero-order valence-electron chi connectivity index (χ0n) is 15.4. The molecule has 5 rings (SSSR count). The molecule has 8 nitrogen and oxygen atoms in total. The Morgan fingerprint density at radius 2 is 1.97 bits per heavy atom. The van der Waals surface area contributed by atoms with Crippen LogP contribution in [0.2, 0.25) is 5.15 Å². The molecule has 0 saturated heterocycles. The lowest BCUT2D eigenvalue weighted by atomic mass is 10.1. The first kappa shape index (κ1) is 17.7. The Kier molecular flexibility index (Phi) is 4.61. The molecule has 0 bridgehead atoms. The van der Waals surface area contributed by atoms with E-state index in [1.165, 1.54) is 12.8 Å². The molecule has 1 aromatic carbocycles. The zero-order chi connectivity index (χ0) is 19.6. The summed E-state index contributed by atoms with van der Waals surface area (Å²) in [6.07, 6.45) is 2.40. The van der Waals surface area contributed by atoms with Crippen LogP contribution in [0.3, 0.4) is 0 Å². The van der Waals surface area contributed by atoms with Gasteiger partial charge in [-0.1, -0.05) is 47.1 Å². The average Bonchev–Trinajstić information content (AvgIpc) is 3.29. The molecule has 4 aromatic rings. The van der Waals surface area contributed by atoms with Crippen molar-refractivity contribution in [1.29, 1.82) is 0 Å². The van der Waals surface area contributed by atoms with Crippen molar-refractivity contribution < 1.29 is 4.52 Å². The summed E-state index contributed by atoms with van der Waals surface area (Å²) in [5.74, 6) is 2.98. The van der Waals surface area contributed by atoms with E-state index in [-0.39, 0.29) is 0 Å². The number of hydrogen-bond acceptors (Lipinski definition) is 7. The predicted octanol–water partition coefficient (Wildman–Crippen LogP) is 4.74. The summed E-state index contributed by atoms with van der Waals surface area (Å²) in [7, 11) is 0. The van der Waals surface area contributed by atoms with Gasteiger partial charge in [0.15, 0.2) is 5.76 Å². The minimum atomic E-state index is 0.328. The number of benzene rings is 1. The highest BCUT2D eigenvalue weighted by Crippen LogP contribution is 2.39. The van der Waals surface area contributed by atoms with Gasteiger partial charge in [-0.25, -0.2) is 4.98 Å². The summed E-state index contributed by atoms with van der Waals surface area (Å²) < 4.78 is 5.40. The van der Waals surface area contributed by atoms with Crippen molar-refractivity contribution in [2.75, 3.05) is 10.6 Å². The molecule has 0 radical (unpaired) electrons. The minimum Gasteiger partial charge on any atom is -0.359 e. The Morgan fingerprint density at radius 1 is 1.10 bits per heavy atom. The largest absolute Gasteiger partial charge is 0.359 e. The van der Waals surface area contributed by atoms with Crippen molar-refractivity contribution in [1.82, 2.24) is 25.3 Å². The zero-order valence-corrected chi connectivity index (χ0v) is 16.1. The lowest BCUT2D eigenvalue weighted by molar-refractivity contribution is 0.390. The van der Waals surface area contributed by atoms with Gasteiger partial charge in [-0.3, -0.25) is 5.10 Å². The van der Waals surface area contributed by atoms with Gasteiger partial charge in [-0.15, -0.1) is 0 Å². The summed E-state index contributed by atoms with van der Waals surface area (Å²) >= 11 is 6.16. The fourth-order valence-corrected chi connectivity index (χ4v) is 3.18. The van der Waals surface area contributed by atoms with Gasteiger partial charge < -0.3 is 15.2 Å². The average molecular weight is 408 g/mol. The van der Waals surface area contributed by atoms with Gasteiger partial charge in [0.2, 0.25) is 5.95 Å². The predicted molar refractivity (Wildman–Crippen MR) is 110 cm³/mol. The topological polar surface area (TPSA) is 105 Å². The number of halogens is 1. The number of aromatic nitrogens is 5. The van der Waals surface area contributed by atoms with E-state index in [0.29, 0.717) is 35.1 Å². The van der Waals surface area contributed by atoms with Crippen LogP contribution in [0.25, 0.3) is 11.3 Å². The van der Waals surface area contributed by atoms with Crippen LogP contribution in [0, 0.1) is 0 Å². The van der Waals surface area contributed by atoms with E-state index in [1.54, 1.807) is 6.07 Å². The molecule has 1 saturated carbocycles. The quantitative estimate of drug-likeness (QED) is 0.380. The third-order valence-electron chi connectivity index (χ3n) is 4.60. The summed E-state index contributed by atoms with van der Waals surface area (Å²) in [5.41, 5.74) is 2.85. The number of hydrogen-bond donors (Lipinski definition) is 3. The van der Waals surface area contributed by atoms with Crippen molar-refractivity contribution in [2.24, 2.45) is 0 Å². The van der Waals surface area contributed by atoms with Gasteiger partial charge in [0.05, 0.1) is 12.2 Å². The highest BCUT2D eigenvalue weighted by Gasteiger charge is 2.26. The smallest absolute Gasteiger partial charge is 0.226 e.